The highest BCUT2D eigenvalue weighted by Gasteiger charge is 2.60. The van der Waals surface area contributed by atoms with Gasteiger partial charge in [-0.2, -0.15) is 0 Å². The Hall–Kier alpha value is -3.01. The van der Waals surface area contributed by atoms with Gasteiger partial charge in [0.25, 0.3) is 0 Å². The second-order valence-corrected chi connectivity index (χ2v) is 14.8. The number of hydrogen-bond acceptors (Lipinski definition) is 12. The molecule has 3 rings (SSSR count). The van der Waals surface area contributed by atoms with Crippen molar-refractivity contribution in [2.24, 2.45) is 22.9 Å². The fraction of sp³-hybridized carbons (Fsp3) is 0.882. The van der Waals surface area contributed by atoms with Crippen LogP contribution < -0.4 is 5.32 Å². The van der Waals surface area contributed by atoms with Crippen LogP contribution in [0.5, 0.6) is 0 Å². The molecule has 0 aromatic heterocycles. The molecule has 0 radical (unpaired) electrons. The number of cyclic esters (lactones) is 1. The van der Waals surface area contributed by atoms with Crippen molar-refractivity contribution in [3.63, 3.8) is 0 Å². The molecule has 3 saturated heterocycles. The van der Waals surface area contributed by atoms with Crippen molar-refractivity contribution in [2.45, 2.75) is 135 Å². The summed E-state index contributed by atoms with van der Waals surface area (Å²) in [6.45, 7) is 12.6. The van der Waals surface area contributed by atoms with E-state index in [-0.39, 0.29) is 44.1 Å². The van der Waals surface area contributed by atoms with Gasteiger partial charge < -0.3 is 39.0 Å². The molecule has 12 atom stereocenters. The number of amides is 2. The van der Waals surface area contributed by atoms with Crippen LogP contribution in [-0.2, 0) is 38.1 Å². The first kappa shape index (κ1) is 41.4. The molecule has 3 heterocycles. The van der Waals surface area contributed by atoms with Crippen LogP contribution in [0.1, 0.15) is 80.6 Å². The number of nitrogens with one attached hydrogen (secondary N) is 1. The van der Waals surface area contributed by atoms with Crippen LogP contribution in [0.3, 0.4) is 0 Å². The number of azide groups is 1. The molecule has 2 amide bonds. The van der Waals surface area contributed by atoms with Gasteiger partial charge in [0.15, 0.2) is 23.7 Å². The first-order chi connectivity index (χ1) is 23.4. The topological polar surface area (TPSA) is 202 Å². The summed E-state index contributed by atoms with van der Waals surface area (Å²) in [5.74, 6) is -4.21. The molecule has 284 valence electrons. The Morgan fingerprint density at radius 1 is 1.14 bits per heavy atom. The minimum atomic E-state index is -1.57. The van der Waals surface area contributed by atoms with Crippen molar-refractivity contribution in [1.82, 2.24) is 15.1 Å². The number of ether oxygens (including phenoxy) is 5. The maximum atomic E-state index is 14.2. The Morgan fingerprint density at radius 3 is 2.42 bits per heavy atom. The molecule has 3 aliphatic heterocycles. The van der Waals surface area contributed by atoms with Gasteiger partial charge in [0.2, 0.25) is 5.91 Å². The molecule has 2 N–H and O–H groups in total. The first-order valence-corrected chi connectivity index (χ1v) is 17.7. The number of unbranched alkanes of at least 4 members (excludes halogenated alkanes) is 1. The predicted molar refractivity (Wildman–Crippen MR) is 182 cm³/mol. The van der Waals surface area contributed by atoms with Crippen LogP contribution in [-0.4, -0.2) is 133 Å². The quantitative estimate of drug-likeness (QED) is 0.0842. The second kappa shape index (κ2) is 17.5. The predicted octanol–water partition coefficient (Wildman–Crippen LogP) is 3.19. The lowest BCUT2D eigenvalue weighted by atomic mass is 9.78. The standard InChI is InChI=1S/C34H58N6O10/c1-11-24-34(7)27(40(32(45)50-34)15-13-12-14-37-38-35)29(43)36-18-19(2)17-33(6,46-10)28(21(4)25(41)22(5)30(44)48-24)49-31-26(42)23(39(8)9)16-20(3)47-31/h19-24,26-28,31,42H,11-18H2,1-10H3,(H,36,43)/t19-,20-,21+,22?,23?,24-,26?,27-,28-,31+,33-,34-/m1/s1. The minimum absolute atomic E-state index is 0.142. The Bertz CT molecular complexity index is 1260. The van der Waals surface area contributed by atoms with Gasteiger partial charge in [0, 0.05) is 43.6 Å². The molecule has 0 aromatic rings. The van der Waals surface area contributed by atoms with Gasteiger partial charge in [-0.3, -0.25) is 19.3 Å². The molecule has 0 spiro atoms. The normalized spacial score (nSPS) is 39.1. The second-order valence-electron chi connectivity index (χ2n) is 14.8. The van der Waals surface area contributed by atoms with Crippen molar-refractivity contribution in [2.75, 3.05) is 40.8 Å². The molecule has 3 aliphatic rings. The molecular formula is C34H58N6O10. The number of ketones is 1. The molecule has 0 aromatic carbocycles. The zero-order chi connectivity index (χ0) is 37.6. The van der Waals surface area contributed by atoms with Crippen LogP contribution in [0.4, 0.5) is 4.79 Å². The van der Waals surface area contributed by atoms with Gasteiger partial charge in [-0.15, -0.1) is 0 Å². The average Bonchev–Trinajstić information content (AvgIpc) is 3.33. The largest absolute Gasteiger partial charge is 0.457 e. The van der Waals surface area contributed by atoms with Crippen LogP contribution in [0.15, 0.2) is 5.11 Å². The summed E-state index contributed by atoms with van der Waals surface area (Å²) in [7, 11) is 5.24. The highest BCUT2D eigenvalue weighted by molar-refractivity contribution is 6.00. The lowest BCUT2D eigenvalue weighted by molar-refractivity contribution is -0.295. The van der Waals surface area contributed by atoms with Crippen molar-refractivity contribution in [3.05, 3.63) is 10.4 Å². The van der Waals surface area contributed by atoms with Gasteiger partial charge >= 0.3 is 12.1 Å². The third-order valence-corrected chi connectivity index (χ3v) is 10.6. The minimum Gasteiger partial charge on any atom is -0.457 e. The number of carbonyl (C=O) groups is 4. The van der Waals surface area contributed by atoms with E-state index in [0.29, 0.717) is 25.7 Å². The average molecular weight is 711 g/mol. The molecule has 0 saturated carbocycles. The van der Waals surface area contributed by atoms with Crippen LogP contribution in [0, 0.1) is 17.8 Å². The van der Waals surface area contributed by atoms with E-state index in [2.05, 4.69) is 15.3 Å². The van der Waals surface area contributed by atoms with E-state index in [1.807, 2.05) is 32.8 Å². The summed E-state index contributed by atoms with van der Waals surface area (Å²) in [5, 5.41) is 17.8. The van der Waals surface area contributed by atoms with Crippen molar-refractivity contribution in [1.29, 1.82) is 0 Å². The SMILES string of the molecule is CC[C@H]1OC(=O)C(C)C(=O)[C@H](C)[C@@H](O[C@@H]2O[C@H](C)CC(N(C)C)C2O)[C@](C)(OC)C[C@@H](C)CNC(=O)[C@H]2N(CCCCN=[N+]=[N-])C(=O)O[C@]12C. The Balaban J connectivity index is 2.03. The summed E-state index contributed by atoms with van der Waals surface area (Å²) >= 11 is 0. The smallest absolute Gasteiger partial charge is 0.411 e. The molecule has 3 fully saturated rings. The summed E-state index contributed by atoms with van der Waals surface area (Å²) in [6.07, 6.45) is -3.15. The Labute approximate surface area is 295 Å². The van der Waals surface area contributed by atoms with E-state index in [9.17, 15) is 24.3 Å². The number of nitrogens with zero attached hydrogens (tertiary/aromatic N) is 5. The van der Waals surface area contributed by atoms with E-state index in [0.717, 1.165) is 0 Å². The van der Waals surface area contributed by atoms with Gasteiger partial charge in [-0.05, 0) is 85.3 Å². The third-order valence-electron chi connectivity index (χ3n) is 10.6. The van der Waals surface area contributed by atoms with E-state index < -0.39 is 77.4 Å². The van der Waals surface area contributed by atoms with Crippen molar-refractivity contribution in [3.8, 4) is 0 Å². The number of carbonyl (C=O) groups excluding carboxylic acids is 4. The van der Waals surface area contributed by atoms with E-state index in [1.165, 1.54) is 18.9 Å². The zero-order valence-corrected chi connectivity index (χ0v) is 31.3. The molecule has 0 bridgehead atoms. The van der Waals surface area contributed by atoms with E-state index in [4.69, 9.17) is 29.2 Å². The molecule has 16 heteroatoms. The number of aliphatic hydroxyl groups excluding tert-OH is 1. The van der Waals surface area contributed by atoms with Crippen LogP contribution in [0.2, 0.25) is 0 Å². The van der Waals surface area contributed by atoms with Crippen molar-refractivity contribution < 1.29 is 48.0 Å². The summed E-state index contributed by atoms with van der Waals surface area (Å²) in [4.78, 5) is 61.2. The lowest BCUT2D eigenvalue weighted by Gasteiger charge is -2.46. The monoisotopic (exact) mass is 710 g/mol. The summed E-state index contributed by atoms with van der Waals surface area (Å²) < 4.78 is 30.5. The fourth-order valence-electron chi connectivity index (χ4n) is 7.64. The van der Waals surface area contributed by atoms with Crippen LogP contribution in [0.25, 0.3) is 10.4 Å². The lowest BCUT2D eigenvalue weighted by Crippen LogP contribution is -2.59. The number of Topliss-reactive ketones (excluding diaryl/α,β-unsaturated/α-hetero) is 1. The van der Waals surface area contributed by atoms with Crippen molar-refractivity contribution >= 4 is 23.8 Å². The molecule has 3 unspecified atom stereocenters. The Morgan fingerprint density at radius 2 is 1.82 bits per heavy atom. The number of aliphatic hydroxyl groups is 1. The molecule has 16 nitrogen and oxygen atoms in total. The zero-order valence-electron chi connectivity index (χ0n) is 31.3. The first-order valence-electron chi connectivity index (χ1n) is 17.7. The summed E-state index contributed by atoms with van der Waals surface area (Å²) in [5.41, 5.74) is 5.88. The van der Waals surface area contributed by atoms with Gasteiger partial charge in [0.05, 0.1) is 17.8 Å². The highest BCUT2D eigenvalue weighted by atomic mass is 16.7. The maximum Gasteiger partial charge on any atom is 0.411 e. The number of likely N-dealkylation sites (N-methyl/N-ethyl adjacent to an activating group) is 1. The van der Waals surface area contributed by atoms with Gasteiger partial charge in [-0.25, -0.2) is 4.79 Å². The fourth-order valence-corrected chi connectivity index (χ4v) is 7.64. The van der Waals surface area contributed by atoms with E-state index in [1.54, 1.807) is 27.7 Å². The van der Waals surface area contributed by atoms with E-state index >= 15 is 0 Å². The molecular weight excluding hydrogens is 652 g/mol. The highest BCUT2D eigenvalue weighted by Crippen LogP contribution is 2.39. The number of rotatable bonds is 10. The number of fused-ring (bicyclic) bond motifs is 1. The van der Waals surface area contributed by atoms with Gasteiger partial charge in [0.1, 0.15) is 18.1 Å². The van der Waals surface area contributed by atoms with Crippen LogP contribution >= 0.6 is 0 Å². The molecule has 0 aliphatic carbocycles. The molecule has 50 heavy (non-hydrogen) atoms. The number of methoxy groups -OCH3 is 1. The number of esters is 1. The third kappa shape index (κ3) is 9.07. The number of hydrogen-bond donors (Lipinski definition) is 2. The summed E-state index contributed by atoms with van der Waals surface area (Å²) in [6, 6.07) is -1.42. The maximum absolute atomic E-state index is 14.2. The Kier molecular flexibility index (Phi) is 14.5. The van der Waals surface area contributed by atoms with Gasteiger partial charge in [-0.1, -0.05) is 25.9 Å².